The van der Waals surface area contributed by atoms with Crippen LogP contribution in [0.5, 0.6) is 0 Å². The Morgan fingerprint density at radius 1 is 1.27 bits per heavy atom. The minimum Gasteiger partial charge on any atom is -0.476 e. The molecule has 0 unspecified atom stereocenters. The number of carbonyl (C=O) groups excluding carboxylic acids is 1. The van der Waals surface area contributed by atoms with Crippen LogP contribution in [0.2, 0.25) is 0 Å². The minimum absolute atomic E-state index is 0.00252. The Hall–Kier alpha value is -2.80. The summed E-state index contributed by atoms with van der Waals surface area (Å²) >= 11 is 0. The fourth-order valence-electron chi connectivity index (χ4n) is 3.20. The SMILES string of the molecule is COC[C@@H]1CCCN(C(=O)c2ccc(-c3cncc(C(=O)O)n3)cc2)C1. The lowest BCUT2D eigenvalue weighted by Gasteiger charge is -2.32. The molecular formula is C19H21N3O4. The molecule has 1 aromatic carbocycles. The second-order valence-electron chi connectivity index (χ2n) is 6.39. The summed E-state index contributed by atoms with van der Waals surface area (Å²) in [7, 11) is 1.68. The molecule has 7 heteroatoms. The van der Waals surface area contributed by atoms with E-state index in [1.807, 2.05) is 4.90 Å². The van der Waals surface area contributed by atoms with Crippen LogP contribution in [0.15, 0.2) is 36.7 Å². The molecule has 1 amide bonds. The Morgan fingerprint density at radius 3 is 2.73 bits per heavy atom. The van der Waals surface area contributed by atoms with Crippen molar-refractivity contribution in [3.8, 4) is 11.3 Å². The molecule has 0 bridgehead atoms. The number of aromatic nitrogens is 2. The van der Waals surface area contributed by atoms with Gasteiger partial charge in [0, 0.05) is 31.3 Å². The van der Waals surface area contributed by atoms with E-state index in [9.17, 15) is 9.59 Å². The lowest BCUT2D eigenvalue weighted by molar-refractivity contribution is 0.0570. The largest absolute Gasteiger partial charge is 0.476 e. The molecule has 0 radical (unpaired) electrons. The van der Waals surface area contributed by atoms with Crippen LogP contribution in [0.1, 0.15) is 33.7 Å². The maximum absolute atomic E-state index is 12.7. The van der Waals surface area contributed by atoms with Crippen LogP contribution >= 0.6 is 0 Å². The number of piperidine rings is 1. The highest BCUT2D eigenvalue weighted by Crippen LogP contribution is 2.21. The first-order chi connectivity index (χ1) is 12.6. The van der Waals surface area contributed by atoms with Crippen molar-refractivity contribution >= 4 is 11.9 Å². The number of ether oxygens (including phenoxy) is 1. The van der Waals surface area contributed by atoms with Gasteiger partial charge in [-0.1, -0.05) is 12.1 Å². The van der Waals surface area contributed by atoms with Gasteiger partial charge in [0.2, 0.25) is 0 Å². The van der Waals surface area contributed by atoms with Gasteiger partial charge in [0.15, 0.2) is 5.69 Å². The topological polar surface area (TPSA) is 92.6 Å². The molecule has 0 aliphatic carbocycles. The zero-order valence-corrected chi connectivity index (χ0v) is 14.6. The standard InChI is InChI=1S/C19H21N3O4/c1-26-12-13-3-2-8-22(11-13)18(23)15-6-4-14(5-7-15)16-9-20-10-17(21-16)19(24)25/h4-7,9-10,13H,2-3,8,11-12H2,1H3,(H,24,25)/t13-/m1/s1. The molecule has 2 heterocycles. The molecule has 1 aliphatic heterocycles. The molecule has 1 aromatic heterocycles. The predicted octanol–water partition coefficient (Wildman–Crippen LogP) is 2.34. The highest BCUT2D eigenvalue weighted by molar-refractivity contribution is 5.94. The van der Waals surface area contributed by atoms with Crippen molar-refractivity contribution in [1.82, 2.24) is 14.9 Å². The predicted molar refractivity (Wildman–Crippen MR) is 94.9 cm³/mol. The maximum Gasteiger partial charge on any atom is 0.356 e. The number of aromatic carboxylic acids is 1. The lowest BCUT2D eigenvalue weighted by atomic mass is 9.98. The van der Waals surface area contributed by atoms with E-state index in [1.165, 1.54) is 12.4 Å². The number of carboxylic acids is 1. The summed E-state index contributed by atoms with van der Waals surface area (Å²) in [4.78, 5) is 33.6. The van der Waals surface area contributed by atoms with Crippen LogP contribution in [-0.2, 0) is 4.74 Å². The van der Waals surface area contributed by atoms with E-state index in [1.54, 1.807) is 31.4 Å². The van der Waals surface area contributed by atoms with Crippen molar-refractivity contribution in [3.63, 3.8) is 0 Å². The van der Waals surface area contributed by atoms with Gasteiger partial charge < -0.3 is 14.7 Å². The lowest BCUT2D eigenvalue weighted by Crippen LogP contribution is -2.41. The summed E-state index contributed by atoms with van der Waals surface area (Å²) in [5.41, 5.74) is 1.67. The zero-order valence-electron chi connectivity index (χ0n) is 14.6. The summed E-state index contributed by atoms with van der Waals surface area (Å²) in [6.07, 6.45) is 4.77. The average Bonchev–Trinajstić information content (AvgIpc) is 2.68. The van der Waals surface area contributed by atoms with Gasteiger partial charge in [0.05, 0.1) is 24.7 Å². The molecule has 7 nitrogen and oxygen atoms in total. The number of rotatable bonds is 5. The van der Waals surface area contributed by atoms with Crippen molar-refractivity contribution in [1.29, 1.82) is 0 Å². The number of carboxylic acid groups (broad SMARTS) is 1. The minimum atomic E-state index is -1.12. The Morgan fingerprint density at radius 2 is 2.04 bits per heavy atom. The third kappa shape index (κ3) is 4.05. The summed E-state index contributed by atoms with van der Waals surface area (Å²) in [6.45, 7) is 2.13. The van der Waals surface area contributed by atoms with Crippen LogP contribution in [0, 0.1) is 5.92 Å². The van der Waals surface area contributed by atoms with Crippen LogP contribution < -0.4 is 0 Å². The number of methoxy groups -OCH3 is 1. The van der Waals surface area contributed by atoms with Gasteiger partial charge in [-0.2, -0.15) is 0 Å². The van der Waals surface area contributed by atoms with Crippen molar-refractivity contribution < 1.29 is 19.4 Å². The van der Waals surface area contributed by atoms with Crippen LogP contribution in [-0.4, -0.2) is 58.7 Å². The van der Waals surface area contributed by atoms with Crippen molar-refractivity contribution in [3.05, 3.63) is 47.9 Å². The Balaban J connectivity index is 1.74. The third-order valence-corrected chi connectivity index (χ3v) is 4.49. The van der Waals surface area contributed by atoms with Crippen molar-refractivity contribution in [2.24, 2.45) is 5.92 Å². The monoisotopic (exact) mass is 355 g/mol. The van der Waals surface area contributed by atoms with Crippen LogP contribution in [0.3, 0.4) is 0 Å². The molecule has 0 spiro atoms. The molecule has 1 saturated heterocycles. The first kappa shape index (κ1) is 18.0. The molecule has 3 rings (SSSR count). The van der Waals surface area contributed by atoms with Crippen molar-refractivity contribution in [2.45, 2.75) is 12.8 Å². The summed E-state index contributed by atoms with van der Waals surface area (Å²) in [6, 6.07) is 7.01. The first-order valence-electron chi connectivity index (χ1n) is 8.52. The van der Waals surface area contributed by atoms with E-state index in [0.29, 0.717) is 35.9 Å². The fraction of sp³-hybridized carbons (Fsp3) is 0.368. The molecule has 1 N–H and O–H groups in total. The molecule has 1 atom stereocenters. The number of benzene rings is 1. The molecule has 2 aromatic rings. The highest BCUT2D eigenvalue weighted by Gasteiger charge is 2.24. The molecule has 136 valence electrons. The van der Waals surface area contributed by atoms with Gasteiger partial charge in [0.1, 0.15) is 0 Å². The van der Waals surface area contributed by atoms with E-state index in [2.05, 4.69) is 9.97 Å². The van der Waals surface area contributed by atoms with Gasteiger partial charge in [0.25, 0.3) is 5.91 Å². The van der Waals surface area contributed by atoms with E-state index in [0.717, 1.165) is 19.4 Å². The summed E-state index contributed by atoms with van der Waals surface area (Å²) in [5.74, 6) is -0.740. The quantitative estimate of drug-likeness (QED) is 0.885. The van der Waals surface area contributed by atoms with Gasteiger partial charge in [-0.15, -0.1) is 0 Å². The van der Waals surface area contributed by atoms with E-state index in [4.69, 9.17) is 9.84 Å². The molecule has 0 saturated carbocycles. The van der Waals surface area contributed by atoms with Crippen LogP contribution in [0.25, 0.3) is 11.3 Å². The van der Waals surface area contributed by atoms with Gasteiger partial charge >= 0.3 is 5.97 Å². The summed E-state index contributed by atoms with van der Waals surface area (Å²) < 4.78 is 5.21. The number of amides is 1. The van der Waals surface area contributed by atoms with Gasteiger partial charge in [-0.05, 0) is 30.9 Å². The smallest absolute Gasteiger partial charge is 0.356 e. The number of carbonyl (C=O) groups is 2. The van der Waals surface area contributed by atoms with Gasteiger partial charge in [-0.25, -0.2) is 9.78 Å². The number of hydrogen-bond donors (Lipinski definition) is 1. The number of hydrogen-bond acceptors (Lipinski definition) is 5. The second-order valence-corrected chi connectivity index (χ2v) is 6.39. The average molecular weight is 355 g/mol. The van der Waals surface area contributed by atoms with Crippen LogP contribution in [0.4, 0.5) is 0 Å². The number of likely N-dealkylation sites (tertiary alicyclic amines) is 1. The molecule has 1 aliphatic rings. The zero-order chi connectivity index (χ0) is 18.5. The fourth-order valence-corrected chi connectivity index (χ4v) is 3.20. The first-order valence-corrected chi connectivity index (χ1v) is 8.52. The Kier molecular flexibility index (Phi) is 5.58. The number of nitrogens with zero attached hydrogens (tertiary/aromatic N) is 3. The van der Waals surface area contributed by atoms with Crippen molar-refractivity contribution in [2.75, 3.05) is 26.8 Å². The van der Waals surface area contributed by atoms with E-state index >= 15 is 0 Å². The molecular weight excluding hydrogens is 334 g/mol. The third-order valence-electron chi connectivity index (χ3n) is 4.49. The summed E-state index contributed by atoms with van der Waals surface area (Å²) in [5, 5.41) is 9.02. The van der Waals surface area contributed by atoms with E-state index < -0.39 is 5.97 Å². The second kappa shape index (κ2) is 8.05. The normalized spacial score (nSPS) is 17.1. The molecule has 26 heavy (non-hydrogen) atoms. The maximum atomic E-state index is 12.7. The Bertz CT molecular complexity index is 790. The Labute approximate surface area is 151 Å². The highest BCUT2D eigenvalue weighted by atomic mass is 16.5. The van der Waals surface area contributed by atoms with Gasteiger partial charge in [-0.3, -0.25) is 9.78 Å². The molecule has 1 fully saturated rings. The van der Waals surface area contributed by atoms with E-state index in [-0.39, 0.29) is 11.6 Å².